The summed E-state index contributed by atoms with van der Waals surface area (Å²) >= 11 is 0. The van der Waals surface area contributed by atoms with Crippen LogP contribution in [0.5, 0.6) is 0 Å². The number of carbonyl (C=O) groups is 1. The fraction of sp³-hybridized carbons (Fsp3) is 0.333. The van der Waals surface area contributed by atoms with E-state index in [-0.39, 0.29) is 11.9 Å². The van der Waals surface area contributed by atoms with E-state index >= 15 is 0 Å². The van der Waals surface area contributed by atoms with Gasteiger partial charge in [-0.2, -0.15) is 5.26 Å². The third-order valence-corrected chi connectivity index (χ3v) is 4.16. The summed E-state index contributed by atoms with van der Waals surface area (Å²) in [6.45, 7) is 2.53. The molecule has 0 aliphatic carbocycles. The van der Waals surface area contributed by atoms with E-state index in [1.807, 2.05) is 12.1 Å². The molecule has 1 atom stereocenters. The lowest BCUT2D eigenvalue weighted by Crippen LogP contribution is -2.36. The lowest BCUT2D eigenvalue weighted by molar-refractivity contribution is 0.0933. The second-order valence-corrected chi connectivity index (χ2v) is 5.68. The molecule has 2 aromatic rings. The summed E-state index contributed by atoms with van der Waals surface area (Å²) in [5.74, 6) is 0.704. The normalized spacial score (nSPS) is 16.0. The number of hydrogen-bond acceptors (Lipinski definition) is 4. The molecule has 5 nitrogen and oxygen atoms in total. The van der Waals surface area contributed by atoms with E-state index in [0.717, 1.165) is 18.8 Å². The second kappa shape index (κ2) is 7.12. The topological polar surface area (TPSA) is 69.3 Å². The van der Waals surface area contributed by atoms with Gasteiger partial charge in [-0.25, -0.2) is 0 Å². The maximum Gasteiger partial charge on any atom is 0.251 e. The van der Waals surface area contributed by atoms with Gasteiger partial charge in [-0.1, -0.05) is 6.07 Å². The Hall–Kier alpha value is -2.58. The summed E-state index contributed by atoms with van der Waals surface area (Å²) in [5, 5.41) is 11.9. The van der Waals surface area contributed by atoms with Crippen molar-refractivity contribution >= 4 is 5.91 Å². The van der Waals surface area contributed by atoms with Crippen LogP contribution in [-0.2, 0) is 0 Å². The molecule has 0 radical (unpaired) electrons. The summed E-state index contributed by atoms with van der Waals surface area (Å²) in [6, 6.07) is 12.7. The monoisotopic (exact) mass is 309 g/mol. The maximum atomic E-state index is 12.3. The van der Waals surface area contributed by atoms with Gasteiger partial charge in [0.05, 0.1) is 23.9 Å². The van der Waals surface area contributed by atoms with Crippen molar-refractivity contribution in [3.8, 4) is 6.07 Å². The fourth-order valence-electron chi connectivity index (χ4n) is 2.97. The Kier molecular flexibility index (Phi) is 4.74. The van der Waals surface area contributed by atoms with Gasteiger partial charge in [-0.15, -0.1) is 0 Å². The van der Waals surface area contributed by atoms with Crippen LogP contribution < -0.4 is 5.32 Å². The van der Waals surface area contributed by atoms with Crippen LogP contribution >= 0.6 is 0 Å². The molecule has 0 saturated carbocycles. The number of amides is 1. The largest absolute Gasteiger partial charge is 0.468 e. The molecular weight excluding hydrogens is 290 g/mol. The highest BCUT2D eigenvalue weighted by Gasteiger charge is 2.26. The Morgan fingerprint density at radius 1 is 1.30 bits per heavy atom. The van der Waals surface area contributed by atoms with Crippen LogP contribution in [0.2, 0.25) is 0 Å². The van der Waals surface area contributed by atoms with Gasteiger partial charge in [-0.3, -0.25) is 9.69 Å². The number of nitrogens with one attached hydrogen (secondary N) is 1. The van der Waals surface area contributed by atoms with Gasteiger partial charge < -0.3 is 9.73 Å². The molecule has 0 unspecified atom stereocenters. The molecule has 0 spiro atoms. The van der Waals surface area contributed by atoms with Gasteiger partial charge in [0.15, 0.2) is 0 Å². The molecule has 1 amide bonds. The number of nitriles is 1. The van der Waals surface area contributed by atoms with Gasteiger partial charge in [0, 0.05) is 12.1 Å². The third kappa shape index (κ3) is 3.61. The molecule has 1 saturated heterocycles. The summed E-state index contributed by atoms with van der Waals surface area (Å²) in [7, 11) is 0. The molecule has 1 aromatic heterocycles. The van der Waals surface area contributed by atoms with Crippen molar-refractivity contribution < 1.29 is 9.21 Å². The number of carbonyl (C=O) groups excluding carboxylic acids is 1. The van der Waals surface area contributed by atoms with E-state index in [4.69, 9.17) is 9.68 Å². The van der Waals surface area contributed by atoms with Gasteiger partial charge in [0.1, 0.15) is 5.76 Å². The second-order valence-electron chi connectivity index (χ2n) is 5.68. The first-order valence-electron chi connectivity index (χ1n) is 7.84. The number of furan rings is 1. The highest BCUT2D eigenvalue weighted by molar-refractivity contribution is 5.94. The van der Waals surface area contributed by atoms with Crippen LogP contribution in [0.4, 0.5) is 0 Å². The highest BCUT2D eigenvalue weighted by atomic mass is 16.3. The van der Waals surface area contributed by atoms with E-state index in [0.29, 0.717) is 17.7 Å². The first kappa shape index (κ1) is 15.3. The Labute approximate surface area is 135 Å². The number of benzene rings is 1. The predicted molar refractivity (Wildman–Crippen MR) is 85.7 cm³/mol. The molecule has 3 rings (SSSR count). The molecule has 1 N–H and O–H groups in total. The Morgan fingerprint density at radius 2 is 2.13 bits per heavy atom. The van der Waals surface area contributed by atoms with Gasteiger partial charge in [-0.05, 0) is 56.3 Å². The zero-order valence-electron chi connectivity index (χ0n) is 12.9. The Bertz CT molecular complexity index is 697. The van der Waals surface area contributed by atoms with Crippen molar-refractivity contribution in [2.24, 2.45) is 0 Å². The molecule has 2 heterocycles. The zero-order chi connectivity index (χ0) is 16.1. The van der Waals surface area contributed by atoms with Crippen LogP contribution in [0.3, 0.4) is 0 Å². The summed E-state index contributed by atoms with van der Waals surface area (Å²) in [5.41, 5.74) is 0.989. The van der Waals surface area contributed by atoms with Crippen molar-refractivity contribution in [1.82, 2.24) is 10.2 Å². The van der Waals surface area contributed by atoms with Crippen molar-refractivity contribution in [2.45, 2.75) is 18.9 Å². The average Bonchev–Trinajstić information content (AvgIpc) is 3.29. The predicted octanol–water partition coefficient (Wildman–Crippen LogP) is 2.72. The Balaban J connectivity index is 1.68. The van der Waals surface area contributed by atoms with Crippen LogP contribution in [0.25, 0.3) is 0 Å². The molecule has 1 aliphatic heterocycles. The van der Waals surface area contributed by atoms with Gasteiger partial charge in [0.2, 0.25) is 0 Å². The van der Waals surface area contributed by atoms with E-state index in [1.165, 1.54) is 12.8 Å². The van der Waals surface area contributed by atoms with Crippen molar-refractivity contribution in [1.29, 1.82) is 5.26 Å². The van der Waals surface area contributed by atoms with Crippen LogP contribution in [0, 0.1) is 11.3 Å². The standard InChI is InChI=1S/C18H19N3O2/c19-12-14-5-3-6-15(11-14)18(22)20-13-16(17-7-4-10-23-17)21-8-1-2-9-21/h3-7,10-11,16H,1-2,8-9,13H2,(H,20,22)/t16-/m0/s1. The molecule has 1 aromatic carbocycles. The van der Waals surface area contributed by atoms with Crippen LogP contribution in [0.15, 0.2) is 47.1 Å². The van der Waals surface area contributed by atoms with Crippen molar-refractivity contribution in [3.05, 3.63) is 59.5 Å². The molecule has 1 fully saturated rings. The first-order chi connectivity index (χ1) is 11.3. The van der Waals surface area contributed by atoms with E-state index in [2.05, 4.69) is 16.3 Å². The first-order valence-corrected chi connectivity index (χ1v) is 7.84. The fourth-order valence-corrected chi connectivity index (χ4v) is 2.97. The van der Waals surface area contributed by atoms with E-state index < -0.39 is 0 Å². The number of rotatable bonds is 5. The highest BCUT2D eigenvalue weighted by Crippen LogP contribution is 2.25. The zero-order valence-corrected chi connectivity index (χ0v) is 12.9. The lowest BCUT2D eigenvalue weighted by Gasteiger charge is -2.26. The molecular formula is C18H19N3O2. The minimum absolute atomic E-state index is 0.0515. The smallest absolute Gasteiger partial charge is 0.251 e. The minimum Gasteiger partial charge on any atom is -0.468 e. The molecule has 1 aliphatic rings. The lowest BCUT2D eigenvalue weighted by atomic mass is 10.1. The average molecular weight is 309 g/mol. The minimum atomic E-state index is -0.169. The SMILES string of the molecule is N#Cc1cccc(C(=O)NC[C@@H](c2ccco2)N2CCCC2)c1. The van der Waals surface area contributed by atoms with Crippen molar-refractivity contribution in [2.75, 3.05) is 19.6 Å². The summed E-state index contributed by atoms with van der Waals surface area (Å²) in [6.07, 6.45) is 4.02. The molecule has 23 heavy (non-hydrogen) atoms. The van der Waals surface area contributed by atoms with Crippen molar-refractivity contribution in [3.63, 3.8) is 0 Å². The van der Waals surface area contributed by atoms with Gasteiger partial charge in [0.25, 0.3) is 5.91 Å². The maximum absolute atomic E-state index is 12.3. The third-order valence-electron chi connectivity index (χ3n) is 4.16. The molecule has 5 heteroatoms. The van der Waals surface area contributed by atoms with Gasteiger partial charge >= 0.3 is 0 Å². The quantitative estimate of drug-likeness (QED) is 0.922. The summed E-state index contributed by atoms with van der Waals surface area (Å²) < 4.78 is 5.55. The van der Waals surface area contributed by atoms with E-state index in [9.17, 15) is 4.79 Å². The molecule has 0 bridgehead atoms. The Morgan fingerprint density at radius 3 is 2.83 bits per heavy atom. The number of nitrogens with zero attached hydrogens (tertiary/aromatic N) is 2. The van der Waals surface area contributed by atoms with Crippen LogP contribution in [0.1, 0.15) is 40.6 Å². The molecule has 118 valence electrons. The van der Waals surface area contributed by atoms with Crippen LogP contribution in [-0.4, -0.2) is 30.4 Å². The summed E-state index contributed by atoms with van der Waals surface area (Å²) in [4.78, 5) is 14.7. The van der Waals surface area contributed by atoms with E-state index in [1.54, 1.807) is 30.5 Å². The number of hydrogen-bond donors (Lipinski definition) is 1. The number of likely N-dealkylation sites (tertiary alicyclic amines) is 1.